The highest BCUT2D eigenvalue weighted by molar-refractivity contribution is 7.47. The number of phosphoric ester groups is 1. The van der Waals surface area contributed by atoms with Crippen LogP contribution in [-0.4, -0.2) is 49.3 Å². The lowest BCUT2D eigenvalue weighted by Crippen LogP contribution is -2.29. The Balaban J connectivity index is 3.87. The standard InChI is InChI=1S/C65H120NO8P/c1-3-5-7-9-11-13-15-17-19-21-23-25-26-27-28-29-30-31-32-33-34-35-36-38-39-41-43-45-47-49-51-53-55-57-64(67)71-61-63(62-73-75(69,70)72-60-59-66)74-65(68)58-56-54-52-50-48-46-44-42-40-37-24-22-20-18-16-14-12-10-8-6-4-2/h6,8,12,14,18,20,24,37,42,44,63H,3-5,7,9-11,13,15-17,19,21-23,25-36,38-41,43,45-62,66H2,1-2H3,(H,69,70)/b8-6-,14-12-,20-18-,37-24-,44-42-. The van der Waals surface area contributed by atoms with Crippen LogP contribution in [0.5, 0.6) is 0 Å². The van der Waals surface area contributed by atoms with E-state index in [9.17, 15) is 19.0 Å². The number of carbonyl (C=O) groups excluding carboxylic acids is 2. The van der Waals surface area contributed by atoms with Crippen molar-refractivity contribution in [2.75, 3.05) is 26.4 Å². The molecule has 0 aliphatic carbocycles. The molecule has 0 bridgehead atoms. The highest BCUT2D eigenvalue weighted by atomic mass is 31.2. The van der Waals surface area contributed by atoms with Crippen LogP contribution < -0.4 is 5.73 Å². The molecule has 0 saturated carbocycles. The summed E-state index contributed by atoms with van der Waals surface area (Å²) in [5.74, 6) is -0.839. The molecule has 0 spiro atoms. The van der Waals surface area contributed by atoms with Crippen LogP contribution in [0.2, 0.25) is 0 Å². The summed E-state index contributed by atoms with van der Waals surface area (Å²) in [6, 6.07) is 0. The number of phosphoric acid groups is 1. The number of unbranched alkanes of at least 4 members (excludes halogenated alkanes) is 37. The minimum Gasteiger partial charge on any atom is -0.462 e. The molecule has 438 valence electrons. The Kier molecular flexibility index (Phi) is 59.1. The molecule has 2 atom stereocenters. The van der Waals surface area contributed by atoms with Gasteiger partial charge in [-0.25, -0.2) is 4.57 Å². The monoisotopic (exact) mass is 1070 g/mol. The zero-order chi connectivity index (χ0) is 54.5. The van der Waals surface area contributed by atoms with E-state index in [4.69, 9.17) is 24.3 Å². The molecule has 0 aromatic heterocycles. The number of allylic oxidation sites excluding steroid dienone is 10. The van der Waals surface area contributed by atoms with Crippen molar-refractivity contribution in [1.29, 1.82) is 0 Å². The van der Waals surface area contributed by atoms with Gasteiger partial charge in [-0.1, -0.05) is 299 Å². The van der Waals surface area contributed by atoms with Gasteiger partial charge in [0.2, 0.25) is 0 Å². The molecule has 0 rings (SSSR count). The van der Waals surface area contributed by atoms with E-state index in [0.29, 0.717) is 6.42 Å². The first-order chi connectivity index (χ1) is 36.8. The maximum absolute atomic E-state index is 12.7. The van der Waals surface area contributed by atoms with Crippen molar-refractivity contribution < 1.29 is 37.6 Å². The highest BCUT2D eigenvalue weighted by Crippen LogP contribution is 2.43. The SMILES string of the molecule is CC/C=C\C/C=C\C/C=C\C/C=C\C/C=C\CCCCCCCC(=O)OC(COC(=O)CCCCCCCCCCCCCCCCCCCCCCCCCCCCCCCCCCC)COP(=O)(O)OCCN. The van der Waals surface area contributed by atoms with Crippen molar-refractivity contribution in [3.8, 4) is 0 Å². The molecular formula is C65H120NO8P. The van der Waals surface area contributed by atoms with E-state index in [2.05, 4.69) is 74.6 Å². The van der Waals surface area contributed by atoms with Crippen LogP contribution in [-0.2, 0) is 32.7 Å². The Morgan fingerprint density at radius 2 is 0.733 bits per heavy atom. The van der Waals surface area contributed by atoms with Crippen LogP contribution in [0.1, 0.15) is 309 Å². The van der Waals surface area contributed by atoms with Crippen molar-refractivity contribution in [3.05, 3.63) is 60.8 Å². The first-order valence-electron chi connectivity index (χ1n) is 31.8. The van der Waals surface area contributed by atoms with E-state index in [1.165, 1.54) is 193 Å². The van der Waals surface area contributed by atoms with E-state index in [1.54, 1.807) is 0 Å². The molecule has 75 heavy (non-hydrogen) atoms. The Hall–Kier alpha value is -2.29. The summed E-state index contributed by atoms with van der Waals surface area (Å²) >= 11 is 0. The van der Waals surface area contributed by atoms with Gasteiger partial charge in [-0.2, -0.15) is 0 Å². The number of nitrogens with two attached hydrogens (primary N) is 1. The highest BCUT2D eigenvalue weighted by Gasteiger charge is 2.26. The summed E-state index contributed by atoms with van der Waals surface area (Å²) in [4.78, 5) is 35.2. The predicted molar refractivity (Wildman–Crippen MR) is 321 cm³/mol. The molecule has 0 saturated heterocycles. The molecule has 2 unspecified atom stereocenters. The second-order valence-corrected chi connectivity index (χ2v) is 22.7. The Morgan fingerprint density at radius 1 is 0.413 bits per heavy atom. The molecule has 0 fully saturated rings. The summed E-state index contributed by atoms with van der Waals surface area (Å²) in [7, 11) is -4.40. The van der Waals surface area contributed by atoms with Gasteiger partial charge in [0, 0.05) is 19.4 Å². The molecular weight excluding hydrogens is 954 g/mol. The second-order valence-electron chi connectivity index (χ2n) is 21.3. The lowest BCUT2D eigenvalue weighted by atomic mass is 10.0. The molecule has 0 amide bonds. The average Bonchev–Trinajstić information content (AvgIpc) is 3.40. The van der Waals surface area contributed by atoms with E-state index in [1.807, 2.05) is 0 Å². The Bertz CT molecular complexity index is 1410. The van der Waals surface area contributed by atoms with Gasteiger partial charge in [0.15, 0.2) is 6.10 Å². The normalized spacial score (nSPS) is 13.4. The average molecular weight is 1070 g/mol. The van der Waals surface area contributed by atoms with Gasteiger partial charge in [0.25, 0.3) is 0 Å². The van der Waals surface area contributed by atoms with Crippen LogP contribution in [0.15, 0.2) is 60.8 Å². The van der Waals surface area contributed by atoms with E-state index in [-0.39, 0.29) is 38.6 Å². The van der Waals surface area contributed by atoms with Crippen LogP contribution in [0.3, 0.4) is 0 Å². The molecule has 10 heteroatoms. The van der Waals surface area contributed by atoms with Crippen molar-refractivity contribution in [3.63, 3.8) is 0 Å². The minimum absolute atomic E-state index is 0.0487. The van der Waals surface area contributed by atoms with Gasteiger partial charge in [0.1, 0.15) is 6.61 Å². The van der Waals surface area contributed by atoms with Crippen LogP contribution in [0.4, 0.5) is 0 Å². The maximum atomic E-state index is 12.7. The van der Waals surface area contributed by atoms with Gasteiger partial charge in [0.05, 0.1) is 13.2 Å². The van der Waals surface area contributed by atoms with Gasteiger partial charge in [-0.15, -0.1) is 0 Å². The van der Waals surface area contributed by atoms with Gasteiger partial charge < -0.3 is 20.1 Å². The third-order valence-corrected chi connectivity index (χ3v) is 14.9. The Labute approximate surface area is 463 Å². The third kappa shape index (κ3) is 60.8. The lowest BCUT2D eigenvalue weighted by molar-refractivity contribution is -0.161. The van der Waals surface area contributed by atoms with E-state index >= 15 is 0 Å². The minimum atomic E-state index is -4.40. The fourth-order valence-corrected chi connectivity index (χ4v) is 10.0. The topological polar surface area (TPSA) is 134 Å². The number of esters is 2. The van der Waals surface area contributed by atoms with E-state index in [0.717, 1.165) is 83.5 Å². The summed E-state index contributed by atoms with van der Waals surface area (Å²) in [6.07, 6.45) is 77.4. The van der Waals surface area contributed by atoms with Crippen molar-refractivity contribution >= 4 is 19.8 Å². The largest absolute Gasteiger partial charge is 0.472 e. The van der Waals surface area contributed by atoms with Gasteiger partial charge >= 0.3 is 19.8 Å². The smallest absolute Gasteiger partial charge is 0.462 e. The predicted octanol–water partition coefficient (Wildman–Crippen LogP) is 20.3. The Morgan fingerprint density at radius 3 is 1.09 bits per heavy atom. The summed E-state index contributed by atoms with van der Waals surface area (Å²) in [5, 5.41) is 0. The lowest BCUT2D eigenvalue weighted by Gasteiger charge is -2.19. The van der Waals surface area contributed by atoms with Crippen molar-refractivity contribution in [1.82, 2.24) is 0 Å². The fraction of sp³-hybridized carbons (Fsp3) is 0.815. The molecule has 9 nitrogen and oxygen atoms in total. The number of carbonyl (C=O) groups is 2. The first-order valence-corrected chi connectivity index (χ1v) is 33.3. The number of ether oxygens (including phenoxy) is 2. The number of rotatable bonds is 60. The maximum Gasteiger partial charge on any atom is 0.472 e. The molecule has 0 aromatic carbocycles. The molecule has 0 aliphatic heterocycles. The van der Waals surface area contributed by atoms with Crippen LogP contribution in [0.25, 0.3) is 0 Å². The number of hydrogen-bond donors (Lipinski definition) is 2. The molecule has 0 aliphatic rings. The van der Waals surface area contributed by atoms with Crippen LogP contribution in [0, 0.1) is 0 Å². The second kappa shape index (κ2) is 60.9. The van der Waals surface area contributed by atoms with Gasteiger partial charge in [-0.3, -0.25) is 18.6 Å². The molecule has 0 aromatic rings. The van der Waals surface area contributed by atoms with Crippen molar-refractivity contribution in [2.24, 2.45) is 5.73 Å². The fourth-order valence-electron chi connectivity index (χ4n) is 9.25. The molecule has 0 radical (unpaired) electrons. The quantitative estimate of drug-likeness (QED) is 0.0264. The van der Waals surface area contributed by atoms with Crippen molar-refractivity contribution in [2.45, 2.75) is 315 Å². The van der Waals surface area contributed by atoms with Gasteiger partial charge in [-0.05, 0) is 57.8 Å². The number of hydrogen-bond acceptors (Lipinski definition) is 8. The zero-order valence-electron chi connectivity index (χ0n) is 49.0. The summed E-state index contributed by atoms with van der Waals surface area (Å²) < 4.78 is 33.1. The van der Waals surface area contributed by atoms with E-state index < -0.39 is 26.5 Å². The zero-order valence-corrected chi connectivity index (χ0v) is 49.9. The third-order valence-electron chi connectivity index (χ3n) is 13.9. The summed E-state index contributed by atoms with van der Waals surface area (Å²) in [5.41, 5.74) is 5.39. The summed E-state index contributed by atoms with van der Waals surface area (Å²) in [6.45, 7) is 3.65. The first kappa shape index (κ1) is 72.7. The molecule has 3 N–H and O–H groups in total. The van der Waals surface area contributed by atoms with Crippen LogP contribution >= 0.6 is 7.82 Å². The molecule has 0 heterocycles.